The monoisotopic (exact) mass is 407 g/mol. The Morgan fingerprint density at radius 1 is 0.964 bits per heavy atom. The number of ether oxygens (including phenoxy) is 1. The van der Waals surface area contributed by atoms with Crippen LogP contribution in [0.1, 0.15) is 85.6 Å². The first-order chi connectivity index (χ1) is 13.2. The molecule has 1 fully saturated rings. The Morgan fingerprint density at radius 3 is 2.04 bits per heavy atom. The largest absolute Gasteiger partial charge is 0.478 e. The molecule has 0 atom stereocenters. The zero-order chi connectivity index (χ0) is 20.8. The molecule has 0 saturated heterocycles. The van der Waals surface area contributed by atoms with E-state index in [0.717, 1.165) is 50.7 Å². The van der Waals surface area contributed by atoms with Gasteiger partial charge < -0.3 is 14.3 Å². The maximum absolute atomic E-state index is 10.3. The van der Waals surface area contributed by atoms with Crippen molar-refractivity contribution in [1.82, 2.24) is 4.98 Å². The van der Waals surface area contributed by atoms with Gasteiger partial charge in [0.15, 0.2) is 8.32 Å². The van der Waals surface area contributed by atoms with E-state index in [2.05, 4.69) is 46.5 Å². The number of aliphatic hydroxyl groups is 1. The predicted molar refractivity (Wildman–Crippen MR) is 118 cm³/mol. The summed E-state index contributed by atoms with van der Waals surface area (Å²) in [6.07, 6.45) is 7.73. The van der Waals surface area contributed by atoms with Gasteiger partial charge in [-0.15, -0.1) is 0 Å². The topological polar surface area (TPSA) is 51.6 Å². The van der Waals surface area contributed by atoms with Crippen molar-refractivity contribution in [3.8, 4) is 5.88 Å². The first-order valence-electron chi connectivity index (χ1n) is 11.2. The number of rotatable bonds is 12. The van der Waals surface area contributed by atoms with Crippen molar-refractivity contribution in [2.45, 2.75) is 102 Å². The molecular weight excluding hydrogens is 366 g/mol. The van der Waals surface area contributed by atoms with Crippen LogP contribution < -0.4 is 4.74 Å². The minimum atomic E-state index is -1.73. The third-order valence-electron chi connectivity index (χ3n) is 6.55. The van der Waals surface area contributed by atoms with Crippen LogP contribution >= 0.6 is 0 Å². The molecule has 5 heteroatoms. The lowest BCUT2D eigenvalue weighted by molar-refractivity contribution is -0.0391. The fraction of sp³-hybridized carbons (Fsp3) is 0.783. The van der Waals surface area contributed by atoms with Gasteiger partial charge >= 0.3 is 0 Å². The summed E-state index contributed by atoms with van der Waals surface area (Å²) in [5.74, 6) is 0.647. The highest BCUT2D eigenvalue weighted by Gasteiger charge is 2.44. The van der Waals surface area contributed by atoms with Crippen LogP contribution in [0.15, 0.2) is 18.3 Å². The molecule has 0 aliphatic heterocycles. The van der Waals surface area contributed by atoms with Gasteiger partial charge in [-0.1, -0.05) is 41.5 Å². The Kier molecular flexibility index (Phi) is 8.53. The molecule has 2 rings (SSSR count). The quantitative estimate of drug-likeness (QED) is 0.331. The second-order valence-corrected chi connectivity index (χ2v) is 14.8. The number of hydrogen-bond acceptors (Lipinski definition) is 4. The summed E-state index contributed by atoms with van der Waals surface area (Å²) in [7, 11) is -1.73. The molecule has 1 aromatic heterocycles. The molecule has 1 heterocycles. The van der Waals surface area contributed by atoms with E-state index in [1.807, 2.05) is 12.1 Å². The Morgan fingerprint density at radius 2 is 1.57 bits per heavy atom. The molecule has 1 aromatic rings. The van der Waals surface area contributed by atoms with Crippen molar-refractivity contribution in [3.63, 3.8) is 0 Å². The maximum Gasteiger partial charge on any atom is 0.213 e. The molecule has 0 radical (unpaired) electrons. The zero-order valence-corrected chi connectivity index (χ0v) is 19.8. The van der Waals surface area contributed by atoms with Gasteiger partial charge in [0, 0.05) is 24.4 Å². The molecule has 1 saturated carbocycles. The third-order valence-corrected chi connectivity index (χ3v) is 12.7. The van der Waals surface area contributed by atoms with Crippen molar-refractivity contribution in [2.75, 3.05) is 13.2 Å². The van der Waals surface area contributed by atoms with Crippen molar-refractivity contribution < 1.29 is 14.3 Å². The Hall–Kier alpha value is -0.913. The van der Waals surface area contributed by atoms with Gasteiger partial charge in [-0.3, -0.25) is 0 Å². The summed E-state index contributed by atoms with van der Waals surface area (Å²) in [5, 5.41) is 10.3. The van der Waals surface area contributed by atoms with Gasteiger partial charge in [-0.2, -0.15) is 0 Å². The Bertz CT molecular complexity index is 560. The van der Waals surface area contributed by atoms with Gasteiger partial charge in [0.1, 0.15) is 0 Å². The highest BCUT2D eigenvalue weighted by molar-refractivity contribution is 6.77. The number of nitrogens with zero attached hydrogens (tertiary/aromatic N) is 1. The number of unbranched alkanes of at least 4 members (excludes halogenated alkanes) is 2. The molecule has 0 aromatic carbocycles. The average Bonchev–Trinajstić information content (AvgIpc) is 2.61. The van der Waals surface area contributed by atoms with Crippen LogP contribution in [-0.4, -0.2) is 31.6 Å². The second kappa shape index (κ2) is 10.2. The van der Waals surface area contributed by atoms with E-state index >= 15 is 0 Å². The van der Waals surface area contributed by atoms with Gasteiger partial charge in [0.25, 0.3) is 0 Å². The van der Waals surface area contributed by atoms with Crippen LogP contribution in [0, 0.1) is 0 Å². The molecule has 1 aliphatic rings. The van der Waals surface area contributed by atoms with Crippen LogP contribution in [0.2, 0.25) is 16.6 Å². The van der Waals surface area contributed by atoms with Gasteiger partial charge in [-0.25, -0.2) is 4.98 Å². The lowest BCUT2D eigenvalue weighted by atomic mass is 9.76. The first kappa shape index (κ1) is 23.4. The van der Waals surface area contributed by atoms with E-state index < -0.39 is 13.9 Å². The van der Waals surface area contributed by atoms with Crippen LogP contribution in [0.4, 0.5) is 0 Å². The fourth-order valence-electron chi connectivity index (χ4n) is 4.85. The molecule has 28 heavy (non-hydrogen) atoms. The minimum absolute atomic E-state index is 0.642. The predicted octanol–water partition coefficient (Wildman–Crippen LogP) is 6.19. The normalized spacial score (nSPS) is 16.6. The molecule has 4 nitrogen and oxygen atoms in total. The SMILES string of the molecule is CC(C)[Si](OCCCCCOc1ccc(C2(O)CCC2)cn1)(C(C)C)C(C)C. The molecule has 1 N–H and O–H groups in total. The number of hydrogen-bond donors (Lipinski definition) is 1. The van der Waals surface area contributed by atoms with Crippen LogP contribution in [-0.2, 0) is 10.0 Å². The highest BCUT2D eigenvalue weighted by Crippen LogP contribution is 2.42. The summed E-state index contributed by atoms with van der Waals surface area (Å²) in [5.41, 5.74) is 2.19. The van der Waals surface area contributed by atoms with Crippen molar-refractivity contribution in [1.29, 1.82) is 0 Å². The summed E-state index contributed by atoms with van der Waals surface area (Å²) in [6.45, 7) is 15.6. The maximum atomic E-state index is 10.3. The molecule has 160 valence electrons. The van der Waals surface area contributed by atoms with E-state index in [1.165, 1.54) is 0 Å². The zero-order valence-electron chi connectivity index (χ0n) is 18.8. The molecule has 0 bridgehead atoms. The lowest BCUT2D eigenvalue weighted by Crippen LogP contribution is -2.47. The lowest BCUT2D eigenvalue weighted by Gasteiger charge is -2.42. The number of pyridine rings is 1. The van der Waals surface area contributed by atoms with E-state index in [4.69, 9.17) is 9.16 Å². The molecule has 0 spiro atoms. The molecule has 0 unspecified atom stereocenters. The third kappa shape index (κ3) is 5.36. The second-order valence-electron chi connectivity index (χ2n) is 9.35. The van der Waals surface area contributed by atoms with Crippen LogP contribution in [0.3, 0.4) is 0 Å². The van der Waals surface area contributed by atoms with E-state index in [1.54, 1.807) is 6.20 Å². The summed E-state index contributed by atoms with van der Waals surface area (Å²) < 4.78 is 12.4. The van der Waals surface area contributed by atoms with Crippen molar-refractivity contribution in [2.24, 2.45) is 0 Å². The van der Waals surface area contributed by atoms with Gasteiger partial charge in [-0.05, 0) is 61.2 Å². The number of aromatic nitrogens is 1. The van der Waals surface area contributed by atoms with E-state index in [9.17, 15) is 5.11 Å². The highest BCUT2D eigenvalue weighted by atomic mass is 28.4. The van der Waals surface area contributed by atoms with Crippen molar-refractivity contribution >= 4 is 8.32 Å². The molecule has 1 aliphatic carbocycles. The average molecular weight is 408 g/mol. The summed E-state index contributed by atoms with van der Waals surface area (Å²) in [6, 6.07) is 3.83. The standard InChI is InChI=1S/C23H41NO3Si/c1-18(2)28(19(3)4,20(5)6)27-16-9-7-8-15-26-22-12-11-21(17-24-22)23(25)13-10-14-23/h11-12,17-20,25H,7-10,13-16H2,1-6H3. The van der Waals surface area contributed by atoms with E-state index in [-0.39, 0.29) is 0 Å². The first-order valence-corrected chi connectivity index (χ1v) is 13.3. The Balaban J connectivity index is 1.66. The van der Waals surface area contributed by atoms with Gasteiger partial charge in [0.2, 0.25) is 5.88 Å². The van der Waals surface area contributed by atoms with Crippen LogP contribution in [0.5, 0.6) is 5.88 Å². The summed E-state index contributed by atoms with van der Waals surface area (Å²) in [4.78, 5) is 4.35. The summed E-state index contributed by atoms with van der Waals surface area (Å²) >= 11 is 0. The van der Waals surface area contributed by atoms with Gasteiger partial charge in [0.05, 0.1) is 12.2 Å². The molecule has 0 amide bonds. The van der Waals surface area contributed by atoms with Crippen molar-refractivity contribution in [3.05, 3.63) is 23.9 Å². The smallest absolute Gasteiger partial charge is 0.213 e. The Labute approximate surface area is 173 Å². The fourth-order valence-corrected chi connectivity index (χ4v) is 10.3. The van der Waals surface area contributed by atoms with E-state index in [0.29, 0.717) is 29.1 Å². The van der Waals surface area contributed by atoms with Crippen LogP contribution in [0.25, 0.3) is 0 Å². The minimum Gasteiger partial charge on any atom is -0.478 e. The molecular formula is C23H41NO3Si.